The minimum absolute atomic E-state index is 0.0397. The molecule has 2 fully saturated rings. The SMILES string of the molecule is CCC(CC)c1nnc(NC(=O)C2CCN(C(=O)C3CC(=O)N(C(C)(C)C)C3)CC2)s1. The molecule has 1 atom stereocenters. The Morgan fingerprint density at radius 2 is 1.77 bits per heavy atom. The summed E-state index contributed by atoms with van der Waals surface area (Å²) in [5.41, 5.74) is -0.268. The second-order valence-electron chi connectivity index (χ2n) is 9.62. The number of nitrogens with zero attached hydrogens (tertiary/aromatic N) is 4. The Morgan fingerprint density at radius 3 is 2.32 bits per heavy atom. The number of carbonyl (C=O) groups excluding carboxylic acids is 3. The molecule has 0 saturated carbocycles. The molecule has 172 valence electrons. The van der Waals surface area contributed by atoms with E-state index in [4.69, 9.17) is 0 Å². The molecule has 3 heterocycles. The number of hydrogen-bond donors (Lipinski definition) is 1. The summed E-state index contributed by atoms with van der Waals surface area (Å²) >= 11 is 1.45. The first kappa shape index (κ1) is 23.6. The lowest BCUT2D eigenvalue weighted by atomic mass is 9.94. The predicted molar refractivity (Wildman–Crippen MR) is 121 cm³/mol. The highest BCUT2D eigenvalue weighted by molar-refractivity contribution is 7.15. The smallest absolute Gasteiger partial charge is 0.229 e. The molecule has 0 aromatic carbocycles. The molecule has 1 aromatic heterocycles. The van der Waals surface area contributed by atoms with Gasteiger partial charge >= 0.3 is 0 Å². The maximum Gasteiger partial charge on any atom is 0.229 e. The summed E-state index contributed by atoms with van der Waals surface area (Å²) < 4.78 is 0. The van der Waals surface area contributed by atoms with Gasteiger partial charge in [-0.15, -0.1) is 10.2 Å². The summed E-state index contributed by atoms with van der Waals surface area (Å²) in [6, 6.07) is 0. The predicted octanol–water partition coefficient (Wildman–Crippen LogP) is 3.27. The fourth-order valence-electron chi connectivity index (χ4n) is 4.44. The Kier molecular flexibility index (Phi) is 7.34. The second-order valence-corrected chi connectivity index (χ2v) is 10.6. The summed E-state index contributed by atoms with van der Waals surface area (Å²) in [5.74, 6) is 0.00835. The van der Waals surface area contributed by atoms with E-state index in [0.717, 1.165) is 17.8 Å². The first-order chi connectivity index (χ1) is 14.6. The fourth-order valence-corrected chi connectivity index (χ4v) is 5.45. The zero-order chi connectivity index (χ0) is 22.8. The molecule has 0 radical (unpaired) electrons. The minimum Gasteiger partial charge on any atom is -0.342 e. The van der Waals surface area contributed by atoms with Crippen LogP contribution in [0.1, 0.15) is 77.6 Å². The number of nitrogens with one attached hydrogen (secondary N) is 1. The van der Waals surface area contributed by atoms with Gasteiger partial charge in [-0.2, -0.15) is 0 Å². The standard InChI is InChI=1S/C22H35N5O3S/c1-6-14(7-2)19-24-25-21(31-19)23-18(29)15-8-10-26(11-9-15)20(30)16-12-17(28)27(13-16)22(3,4)5/h14-16H,6-13H2,1-5H3,(H,23,25,29). The van der Waals surface area contributed by atoms with Crippen molar-refractivity contribution in [2.45, 2.75) is 78.2 Å². The van der Waals surface area contributed by atoms with Gasteiger partial charge in [0.1, 0.15) is 5.01 Å². The molecule has 0 bridgehead atoms. The van der Waals surface area contributed by atoms with Gasteiger partial charge in [0, 0.05) is 43.4 Å². The van der Waals surface area contributed by atoms with Gasteiger partial charge in [0.05, 0.1) is 5.92 Å². The molecule has 1 aromatic rings. The molecular formula is C22H35N5O3S. The van der Waals surface area contributed by atoms with E-state index in [0.29, 0.717) is 43.5 Å². The summed E-state index contributed by atoms with van der Waals surface area (Å²) in [6.45, 7) is 11.8. The topological polar surface area (TPSA) is 95.5 Å². The third-order valence-corrected chi connectivity index (χ3v) is 7.47. The fraction of sp³-hybridized carbons (Fsp3) is 0.773. The van der Waals surface area contributed by atoms with Crippen molar-refractivity contribution < 1.29 is 14.4 Å². The molecule has 8 nitrogen and oxygen atoms in total. The first-order valence-electron chi connectivity index (χ1n) is 11.4. The van der Waals surface area contributed by atoms with Crippen molar-refractivity contribution in [3.8, 4) is 0 Å². The van der Waals surface area contributed by atoms with Crippen LogP contribution in [0.5, 0.6) is 0 Å². The normalized spacial score (nSPS) is 20.6. The Hall–Kier alpha value is -2.03. The second kappa shape index (κ2) is 9.63. The van der Waals surface area contributed by atoms with E-state index in [1.165, 1.54) is 11.3 Å². The number of anilines is 1. The van der Waals surface area contributed by atoms with Crippen molar-refractivity contribution in [3.63, 3.8) is 0 Å². The van der Waals surface area contributed by atoms with Gasteiger partial charge in [0.15, 0.2) is 0 Å². The number of carbonyl (C=O) groups is 3. The van der Waals surface area contributed by atoms with E-state index in [9.17, 15) is 14.4 Å². The average Bonchev–Trinajstić information content (AvgIpc) is 3.35. The van der Waals surface area contributed by atoms with Crippen LogP contribution in [0.4, 0.5) is 5.13 Å². The zero-order valence-electron chi connectivity index (χ0n) is 19.3. The maximum atomic E-state index is 12.9. The Bertz CT molecular complexity index is 806. The number of aromatic nitrogens is 2. The first-order valence-corrected chi connectivity index (χ1v) is 12.2. The van der Waals surface area contributed by atoms with E-state index in [1.807, 2.05) is 25.7 Å². The molecular weight excluding hydrogens is 414 g/mol. The van der Waals surface area contributed by atoms with E-state index < -0.39 is 0 Å². The summed E-state index contributed by atoms with van der Waals surface area (Å²) in [5, 5.41) is 12.8. The number of likely N-dealkylation sites (tertiary alicyclic amines) is 2. The highest BCUT2D eigenvalue weighted by Crippen LogP contribution is 2.30. The van der Waals surface area contributed by atoms with Crippen LogP contribution in [0.15, 0.2) is 0 Å². The summed E-state index contributed by atoms with van der Waals surface area (Å²) in [7, 11) is 0. The third-order valence-electron chi connectivity index (χ3n) is 6.47. The highest BCUT2D eigenvalue weighted by atomic mass is 32.1. The van der Waals surface area contributed by atoms with Gasteiger partial charge in [-0.1, -0.05) is 25.2 Å². The Balaban J connectivity index is 1.50. The van der Waals surface area contributed by atoms with E-state index >= 15 is 0 Å². The number of hydrogen-bond acceptors (Lipinski definition) is 6. The van der Waals surface area contributed by atoms with Crippen molar-refractivity contribution in [2.75, 3.05) is 25.0 Å². The largest absolute Gasteiger partial charge is 0.342 e. The molecule has 0 aliphatic carbocycles. The van der Waals surface area contributed by atoms with Crippen LogP contribution in [0.2, 0.25) is 0 Å². The van der Waals surface area contributed by atoms with Crippen molar-refractivity contribution in [2.24, 2.45) is 11.8 Å². The molecule has 2 aliphatic heterocycles. The van der Waals surface area contributed by atoms with Gasteiger partial charge in [-0.25, -0.2) is 0 Å². The van der Waals surface area contributed by atoms with Crippen LogP contribution in [-0.4, -0.2) is 62.9 Å². The van der Waals surface area contributed by atoms with Gasteiger partial charge in [-0.05, 0) is 46.5 Å². The summed E-state index contributed by atoms with van der Waals surface area (Å²) in [6.07, 6.45) is 3.54. The Morgan fingerprint density at radius 1 is 1.13 bits per heavy atom. The van der Waals surface area contributed by atoms with Crippen LogP contribution in [-0.2, 0) is 14.4 Å². The molecule has 2 saturated heterocycles. The number of rotatable bonds is 6. The quantitative estimate of drug-likeness (QED) is 0.719. The monoisotopic (exact) mass is 449 g/mol. The lowest BCUT2D eigenvalue weighted by Gasteiger charge is -2.34. The zero-order valence-corrected chi connectivity index (χ0v) is 20.1. The minimum atomic E-state index is -0.276. The van der Waals surface area contributed by atoms with E-state index in [2.05, 4.69) is 29.4 Å². The van der Waals surface area contributed by atoms with Crippen LogP contribution >= 0.6 is 11.3 Å². The lowest BCUT2D eigenvalue weighted by molar-refractivity contribution is -0.138. The molecule has 3 amide bonds. The molecule has 2 aliphatic rings. The Labute approximate surface area is 188 Å². The lowest BCUT2D eigenvalue weighted by Crippen LogP contribution is -2.46. The third kappa shape index (κ3) is 5.42. The van der Waals surface area contributed by atoms with Crippen LogP contribution in [0.25, 0.3) is 0 Å². The van der Waals surface area contributed by atoms with Crippen molar-refractivity contribution in [1.82, 2.24) is 20.0 Å². The highest BCUT2D eigenvalue weighted by Gasteiger charge is 2.41. The molecule has 9 heteroatoms. The van der Waals surface area contributed by atoms with Gasteiger partial charge < -0.3 is 15.1 Å². The van der Waals surface area contributed by atoms with Gasteiger partial charge in [-0.3, -0.25) is 14.4 Å². The molecule has 0 spiro atoms. The number of amides is 3. The molecule has 3 rings (SSSR count). The van der Waals surface area contributed by atoms with Crippen molar-refractivity contribution >= 4 is 34.2 Å². The molecule has 31 heavy (non-hydrogen) atoms. The van der Waals surface area contributed by atoms with Crippen molar-refractivity contribution in [1.29, 1.82) is 0 Å². The van der Waals surface area contributed by atoms with Crippen LogP contribution in [0, 0.1) is 11.8 Å². The van der Waals surface area contributed by atoms with E-state index in [1.54, 1.807) is 4.90 Å². The number of piperidine rings is 1. The summed E-state index contributed by atoms with van der Waals surface area (Å²) in [4.78, 5) is 41.6. The molecule has 1 N–H and O–H groups in total. The van der Waals surface area contributed by atoms with Crippen LogP contribution in [0.3, 0.4) is 0 Å². The van der Waals surface area contributed by atoms with Crippen LogP contribution < -0.4 is 5.32 Å². The van der Waals surface area contributed by atoms with Gasteiger partial charge in [0.2, 0.25) is 22.9 Å². The van der Waals surface area contributed by atoms with Crippen molar-refractivity contribution in [3.05, 3.63) is 5.01 Å². The average molecular weight is 450 g/mol. The van der Waals surface area contributed by atoms with E-state index in [-0.39, 0.29) is 41.5 Å². The molecule has 1 unspecified atom stereocenters. The van der Waals surface area contributed by atoms with Gasteiger partial charge in [0.25, 0.3) is 0 Å². The maximum absolute atomic E-state index is 12.9.